The molecule has 0 N–H and O–H groups in total. The van der Waals surface area contributed by atoms with Gasteiger partial charge in [-0.2, -0.15) is 43.2 Å². The summed E-state index contributed by atoms with van der Waals surface area (Å²) in [5, 5.41) is 0. The van der Waals surface area contributed by atoms with Crippen molar-refractivity contribution in [1.29, 1.82) is 0 Å². The van der Waals surface area contributed by atoms with E-state index in [2.05, 4.69) is 0 Å². The first-order valence-electron chi connectivity index (χ1n) is 7.14. The zero-order chi connectivity index (χ0) is 23.3. The molecule has 29 heavy (non-hydrogen) atoms. The SMILES string of the molecule is Cc1c(C(=O)N(C)C)cc(N(S(=O)(=O)C(F)(F)F)S(=O)(=O)C(F)(F)F)c(C)c1F. The smallest absolute Gasteiger partial charge is 0.345 e. The van der Waals surface area contributed by atoms with Crippen molar-refractivity contribution in [1.82, 2.24) is 4.90 Å². The Kier molecular flexibility index (Phi) is 6.28. The predicted molar refractivity (Wildman–Crippen MR) is 86.3 cm³/mol. The van der Waals surface area contributed by atoms with Gasteiger partial charge in [-0.1, -0.05) is 0 Å². The Bertz CT molecular complexity index is 1000. The third kappa shape index (κ3) is 4.12. The van der Waals surface area contributed by atoms with E-state index in [1.165, 1.54) is 0 Å². The van der Waals surface area contributed by atoms with Crippen LogP contribution in [0.15, 0.2) is 6.07 Å². The molecule has 0 aliphatic rings. The third-order valence-corrected chi connectivity index (χ3v) is 7.20. The van der Waals surface area contributed by atoms with Crippen molar-refractivity contribution in [2.75, 3.05) is 17.8 Å². The van der Waals surface area contributed by atoms with Gasteiger partial charge < -0.3 is 4.90 Å². The molecule has 7 nitrogen and oxygen atoms in total. The molecular formula is C13H13F7N2O5S2. The van der Waals surface area contributed by atoms with Gasteiger partial charge in [0.2, 0.25) is 0 Å². The Hall–Kier alpha value is -2.10. The highest BCUT2D eigenvalue weighted by Gasteiger charge is 2.62. The van der Waals surface area contributed by atoms with Crippen molar-refractivity contribution in [3.8, 4) is 0 Å². The Morgan fingerprint density at radius 3 is 1.55 bits per heavy atom. The average Bonchev–Trinajstić information content (AvgIpc) is 2.51. The predicted octanol–water partition coefficient (Wildman–Crippen LogP) is 2.65. The molecule has 1 rings (SSSR count). The maximum atomic E-state index is 14.5. The Morgan fingerprint density at radius 1 is 0.862 bits per heavy atom. The van der Waals surface area contributed by atoms with Crippen LogP contribution in [-0.4, -0.2) is 52.8 Å². The van der Waals surface area contributed by atoms with E-state index in [1.54, 1.807) is 0 Å². The van der Waals surface area contributed by atoms with Gasteiger partial charge in [-0.3, -0.25) is 4.79 Å². The fourth-order valence-corrected chi connectivity index (χ4v) is 4.91. The van der Waals surface area contributed by atoms with Crippen LogP contribution in [-0.2, 0) is 20.0 Å². The van der Waals surface area contributed by atoms with Gasteiger partial charge in [-0.05, 0) is 25.5 Å². The molecule has 166 valence electrons. The Morgan fingerprint density at radius 2 is 1.24 bits per heavy atom. The largest absolute Gasteiger partial charge is 0.517 e. The first-order valence-corrected chi connectivity index (χ1v) is 10.0. The second-order valence-corrected chi connectivity index (χ2v) is 9.59. The molecule has 0 aromatic heterocycles. The number of hydrogen-bond acceptors (Lipinski definition) is 5. The molecule has 16 heteroatoms. The molecule has 0 aliphatic heterocycles. The van der Waals surface area contributed by atoms with Crippen LogP contribution in [0, 0.1) is 19.7 Å². The monoisotopic (exact) mass is 474 g/mol. The van der Waals surface area contributed by atoms with Gasteiger partial charge in [0.1, 0.15) is 5.82 Å². The lowest BCUT2D eigenvalue weighted by molar-refractivity contribution is -0.0462. The van der Waals surface area contributed by atoms with Gasteiger partial charge in [0.05, 0.1) is 5.69 Å². The summed E-state index contributed by atoms with van der Waals surface area (Å²) in [5.74, 6) is -2.69. The fraction of sp³-hybridized carbons (Fsp3) is 0.462. The fourth-order valence-electron chi connectivity index (χ4n) is 2.09. The van der Waals surface area contributed by atoms with Crippen LogP contribution in [0.25, 0.3) is 0 Å². The van der Waals surface area contributed by atoms with Crippen molar-refractivity contribution in [2.24, 2.45) is 0 Å². The van der Waals surface area contributed by atoms with Crippen molar-refractivity contribution >= 4 is 31.6 Å². The summed E-state index contributed by atoms with van der Waals surface area (Å²) >= 11 is 0. The number of benzene rings is 1. The summed E-state index contributed by atoms with van der Waals surface area (Å²) in [4.78, 5) is 12.9. The Labute approximate surface area is 160 Å². The first-order chi connectivity index (χ1) is 12.7. The number of carbonyl (C=O) groups excluding carboxylic acids is 1. The zero-order valence-electron chi connectivity index (χ0n) is 15.0. The number of amides is 1. The van der Waals surface area contributed by atoms with E-state index >= 15 is 0 Å². The molecule has 1 aromatic carbocycles. The summed E-state index contributed by atoms with van der Waals surface area (Å²) in [6, 6.07) is 0.142. The molecule has 0 fully saturated rings. The minimum atomic E-state index is -7.21. The van der Waals surface area contributed by atoms with Crippen LogP contribution >= 0.6 is 0 Å². The summed E-state index contributed by atoms with van der Waals surface area (Å²) < 4.78 is 137. The van der Waals surface area contributed by atoms with Gasteiger partial charge in [0, 0.05) is 25.2 Å². The number of hydrogen-bond donors (Lipinski definition) is 0. The van der Waals surface area contributed by atoms with E-state index in [0.29, 0.717) is 6.92 Å². The van der Waals surface area contributed by atoms with Crippen LogP contribution in [0.1, 0.15) is 21.5 Å². The average molecular weight is 474 g/mol. The first kappa shape index (κ1) is 24.9. The van der Waals surface area contributed by atoms with Crippen LogP contribution in [0.2, 0.25) is 0 Å². The lowest BCUT2D eigenvalue weighted by atomic mass is 10.0. The molecule has 0 aliphatic carbocycles. The van der Waals surface area contributed by atoms with Crippen LogP contribution in [0.4, 0.5) is 36.4 Å². The number of alkyl halides is 6. The van der Waals surface area contributed by atoms with E-state index in [-0.39, 0.29) is 6.07 Å². The number of anilines is 1. The van der Waals surface area contributed by atoms with E-state index in [1.807, 2.05) is 0 Å². The summed E-state index contributed by atoms with van der Waals surface area (Å²) in [7, 11) is -12.2. The molecule has 0 saturated carbocycles. The third-order valence-electron chi connectivity index (χ3n) is 3.58. The molecule has 1 amide bonds. The van der Waals surface area contributed by atoms with Crippen LogP contribution in [0.5, 0.6) is 0 Å². The molecule has 0 atom stereocenters. The van der Waals surface area contributed by atoms with Crippen molar-refractivity contribution < 1.29 is 52.4 Å². The minimum Gasteiger partial charge on any atom is -0.345 e. The number of carbonyl (C=O) groups is 1. The van der Waals surface area contributed by atoms with Crippen LogP contribution < -0.4 is 3.71 Å². The number of nitrogens with zero attached hydrogens (tertiary/aromatic N) is 2. The quantitative estimate of drug-likeness (QED) is 0.626. The van der Waals surface area contributed by atoms with E-state index in [9.17, 15) is 52.4 Å². The highest BCUT2D eigenvalue weighted by molar-refractivity contribution is 8.11. The highest BCUT2D eigenvalue weighted by atomic mass is 32.3. The highest BCUT2D eigenvalue weighted by Crippen LogP contribution is 2.41. The van der Waals surface area contributed by atoms with Gasteiger partial charge in [-0.25, -0.2) is 4.39 Å². The molecule has 0 bridgehead atoms. The zero-order valence-corrected chi connectivity index (χ0v) is 16.6. The lowest BCUT2D eigenvalue weighted by Crippen LogP contribution is -2.50. The molecule has 1 aromatic rings. The second-order valence-electron chi connectivity index (χ2n) is 5.81. The second kappa shape index (κ2) is 7.30. The van der Waals surface area contributed by atoms with Gasteiger partial charge in [-0.15, -0.1) is 3.71 Å². The standard InChI is InChI=1S/C13H13F7N2O5S2/c1-6-8(11(23)21(3)4)5-9(7(2)10(6)14)22(28(24,25)12(15,16)17)29(26,27)13(18,19)20/h5H,1-4H3. The topological polar surface area (TPSA) is 91.8 Å². The lowest BCUT2D eigenvalue weighted by Gasteiger charge is -2.28. The maximum absolute atomic E-state index is 14.5. The summed E-state index contributed by atoms with van der Waals surface area (Å²) in [6.07, 6.45) is 0. The molecular weight excluding hydrogens is 461 g/mol. The number of rotatable bonds is 4. The summed E-state index contributed by atoms with van der Waals surface area (Å²) in [5.41, 5.74) is -17.4. The van der Waals surface area contributed by atoms with Crippen LogP contribution in [0.3, 0.4) is 0 Å². The number of halogens is 7. The molecule has 0 saturated heterocycles. The Balaban J connectivity index is 4.17. The van der Waals surface area contributed by atoms with Crippen molar-refractivity contribution in [3.05, 3.63) is 28.6 Å². The minimum absolute atomic E-state index is 0.142. The van der Waals surface area contributed by atoms with Gasteiger partial charge >= 0.3 is 31.1 Å². The number of sulfonamides is 2. The molecule has 0 unspecified atom stereocenters. The van der Waals surface area contributed by atoms with Crippen molar-refractivity contribution in [3.63, 3.8) is 0 Å². The molecule has 0 radical (unpaired) electrons. The summed E-state index contributed by atoms with van der Waals surface area (Å²) in [6.45, 7) is 1.51. The van der Waals surface area contributed by atoms with Gasteiger partial charge in [0.25, 0.3) is 5.91 Å². The normalized spacial score (nSPS) is 13.3. The van der Waals surface area contributed by atoms with E-state index in [0.717, 1.165) is 25.9 Å². The molecule has 0 heterocycles. The van der Waals surface area contributed by atoms with Gasteiger partial charge in [0.15, 0.2) is 0 Å². The van der Waals surface area contributed by atoms with E-state index in [4.69, 9.17) is 0 Å². The van der Waals surface area contributed by atoms with Crippen molar-refractivity contribution in [2.45, 2.75) is 24.9 Å². The molecule has 0 spiro atoms. The maximum Gasteiger partial charge on any atom is 0.517 e. The van der Waals surface area contributed by atoms with E-state index < -0.39 is 68.9 Å².